The molecule has 0 saturated carbocycles. The number of rotatable bonds is 2. The highest BCUT2D eigenvalue weighted by molar-refractivity contribution is 5.85. The molecule has 29 heavy (non-hydrogen) atoms. The molecule has 4 aromatic heterocycles. The van der Waals surface area contributed by atoms with E-state index in [4.69, 9.17) is 4.42 Å². The van der Waals surface area contributed by atoms with Gasteiger partial charge in [0.05, 0.1) is 11.1 Å². The number of hydrogen-bond acceptors (Lipinski definition) is 4. The molecule has 0 aliphatic carbocycles. The van der Waals surface area contributed by atoms with Crippen molar-refractivity contribution in [1.29, 1.82) is 0 Å². The molecule has 4 aromatic rings. The third-order valence-electron chi connectivity index (χ3n) is 4.13. The number of fused-ring (bicyclic) bond motifs is 3. The van der Waals surface area contributed by atoms with E-state index < -0.39 is 40.6 Å². The van der Waals surface area contributed by atoms with Gasteiger partial charge in [-0.3, -0.25) is 0 Å². The van der Waals surface area contributed by atoms with Crippen molar-refractivity contribution in [3.8, 4) is 11.5 Å². The highest BCUT2D eigenvalue weighted by Gasteiger charge is 2.60. The molecule has 0 aliphatic rings. The van der Waals surface area contributed by atoms with Crippen molar-refractivity contribution in [3.63, 3.8) is 0 Å². The van der Waals surface area contributed by atoms with Gasteiger partial charge in [0.2, 0.25) is 12.3 Å². The van der Waals surface area contributed by atoms with Gasteiger partial charge in [-0.25, -0.2) is 4.98 Å². The number of alkyl halides is 8. The predicted molar refractivity (Wildman–Crippen MR) is 80.9 cm³/mol. The van der Waals surface area contributed by atoms with Gasteiger partial charge in [-0.15, -0.1) is 10.2 Å². The van der Waals surface area contributed by atoms with Crippen molar-refractivity contribution in [1.82, 2.24) is 19.6 Å². The topological polar surface area (TPSA) is 56.2 Å². The van der Waals surface area contributed by atoms with Crippen LogP contribution >= 0.6 is 0 Å². The fourth-order valence-electron chi connectivity index (χ4n) is 2.81. The lowest BCUT2D eigenvalue weighted by molar-refractivity contribution is -0.291. The van der Waals surface area contributed by atoms with Gasteiger partial charge in [0.25, 0.3) is 0 Å². The highest BCUT2D eigenvalue weighted by atomic mass is 19.4. The van der Waals surface area contributed by atoms with Crippen LogP contribution in [-0.2, 0) is 12.1 Å². The molecule has 4 rings (SSSR count). The lowest BCUT2D eigenvalue weighted by Gasteiger charge is -2.21. The van der Waals surface area contributed by atoms with E-state index in [1.165, 1.54) is 12.1 Å². The van der Waals surface area contributed by atoms with E-state index in [0.717, 1.165) is 23.1 Å². The molecule has 0 fully saturated rings. The van der Waals surface area contributed by atoms with Crippen LogP contribution in [0.5, 0.6) is 0 Å². The molecule has 0 unspecified atom stereocenters. The zero-order valence-electron chi connectivity index (χ0n) is 13.7. The number of hydrogen-bond donors (Lipinski definition) is 0. The number of nitrogens with zero attached hydrogens (tertiary/aromatic N) is 4. The van der Waals surface area contributed by atoms with E-state index in [-0.39, 0.29) is 23.0 Å². The summed E-state index contributed by atoms with van der Waals surface area (Å²) in [5.74, 6) is -5.62. The minimum absolute atomic E-state index is 0.0327. The van der Waals surface area contributed by atoms with Gasteiger partial charge in [-0.1, -0.05) is 0 Å². The molecule has 0 saturated heterocycles. The molecule has 152 valence electrons. The van der Waals surface area contributed by atoms with Crippen molar-refractivity contribution in [2.45, 2.75) is 18.3 Å². The van der Waals surface area contributed by atoms with Crippen molar-refractivity contribution < 1.29 is 39.5 Å². The van der Waals surface area contributed by atoms with Crippen LogP contribution in [-0.4, -0.2) is 25.8 Å². The molecule has 0 radical (unpaired) electrons. The maximum Gasteiger partial charge on any atom is 0.459 e. The molecule has 0 aromatic carbocycles. The predicted octanol–water partition coefficient (Wildman–Crippen LogP) is 5.21. The molecule has 4 heterocycles. The average molecular weight is 422 g/mol. The molecular weight excluding hydrogens is 416 g/mol. The summed E-state index contributed by atoms with van der Waals surface area (Å²) in [6, 6.07) is 3.24. The van der Waals surface area contributed by atoms with Gasteiger partial charge in [-0.2, -0.15) is 35.1 Å². The fourth-order valence-corrected chi connectivity index (χ4v) is 2.81. The lowest BCUT2D eigenvalue weighted by Crippen LogP contribution is -2.35. The first kappa shape index (κ1) is 19.1. The van der Waals surface area contributed by atoms with Crippen LogP contribution in [0.15, 0.2) is 41.3 Å². The van der Waals surface area contributed by atoms with E-state index in [2.05, 4.69) is 15.2 Å². The Balaban J connectivity index is 2.08. The summed E-state index contributed by atoms with van der Waals surface area (Å²) in [7, 11) is 0. The number of halogens is 8. The quantitative estimate of drug-likeness (QED) is 0.416. The van der Waals surface area contributed by atoms with Crippen molar-refractivity contribution >= 4 is 16.6 Å². The molecule has 13 heteroatoms. The lowest BCUT2D eigenvalue weighted by atomic mass is 10.1. The van der Waals surface area contributed by atoms with Gasteiger partial charge in [0, 0.05) is 17.1 Å². The first-order chi connectivity index (χ1) is 13.4. The Morgan fingerprint density at radius 3 is 2.24 bits per heavy atom. The molecule has 0 N–H and O–H groups in total. The molecule has 0 spiro atoms. The largest absolute Gasteiger partial charge is 0.459 e. The minimum Gasteiger partial charge on any atom is -0.423 e. The summed E-state index contributed by atoms with van der Waals surface area (Å²) in [6.45, 7) is 0. The van der Waals surface area contributed by atoms with Crippen LogP contribution in [0.4, 0.5) is 35.1 Å². The summed E-state index contributed by atoms with van der Waals surface area (Å²) in [6.07, 6.45) is -9.20. The number of pyridine rings is 2. The van der Waals surface area contributed by atoms with Crippen molar-refractivity contribution in [2.75, 3.05) is 0 Å². The third kappa shape index (κ3) is 2.96. The summed E-state index contributed by atoms with van der Waals surface area (Å²) < 4.78 is 112. The van der Waals surface area contributed by atoms with Crippen molar-refractivity contribution in [3.05, 3.63) is 48.1 Å². The first-order valence-electron chi connectivity index (χ1n) is 7.64. The van der Waals surface area contributed by atoms with Crippen LogP contribution in [0.25, 0.3) is 28.0 Å². The number of aromatic nitrogens is 4. The second kappa shape index (κ2) is 5.87. The normalized spacial score (nSPS) is 13.5. The van der Waals surface area contributed by atoms with Crippen LogP contribution < -0.4 is 0 Å². The van der Waals surface area contributed by atoms with E-state index in [1.807, 2.05) is 0 Å². The smallest absolute Gasteiger partial charge is 0.423 e. The molecule has 0 amide bonds. The zero-order chi connectivity index (χ0) is 21.2. The zero-order valence-corrected chi connectivity index (χ0v) is 13.7. The minimum atomic E-state index is -6.13. The van der Waals surface area contributed by atoms with Crippen molar-refractivity contribution in [2.24, 2.45) is 0 Å². The Labute approximate surface area is 154 Å². The summed E-state index contributed by atoms with van der Waals surface area (Å²) >= 11 is 0. The van der Waals surface area contributed by atoms with Crippen LogP contribution in [0.1, 0.15) is 11.3 Å². The Hall–Kier alpha value is -3.25. The van der Waals surface area contributed by atoms with Crippen LogP contribution in [0.3, 0.4) is 0 Å². The standard InChI is InChI=1S/C16H6F8N4O/c17-14(18,16(22,23)24)11-4-10(15(19,20)21)9-2-1-8-3-7(13-27-25-6-29-13)5-28(8)12(9)26-11/h1-6H. The first-order valence-corrected chi connectivity index (χ1v) is 7.64. The monoisotopic (exact) mass is 422 g/mol. The molecule has 5 nitrogen and oxygen atoms in total. The Morgan fingerprint density at radius 2 is 1.66 bits per heavy atom. The summed E-state index contributed by atoms with van der Waals surface area (Å²) in [4.78, 5) is 3.24. The Morgan fingerprint density at radius 1 is 0.931 bits per heavy atom. The molecule has 0 bridgehead atoms. The van der Waals surface area contributed by atoms with E-state index in [0.29, 0.717) is 0 Å². The second-order valence-electron chi connectivity index (χ2n) is 5.96. The molecule has 0 aliphatic heterocycles. The van der Waals surface area contributed by atoms with Crippen LogP contribution in [0, 0.1) is 0 Å². The maximum atomic E-state index is 13.8. The Bertz CT molecular complexity index is 1210. The molecule has 0 atom stereocenters. The highest BCUT2D eigenvalue weighted by Crippen LogP contribution is 2.45. The molecular formula is C16H6F8N4O. The third-order valence-corrected chi connectivity index (χ3v) is 4.13. The summed E-state index contributed by atoms with van der Waals surface area (Å²) in [5, 5.41) is 6.39. The van der Waals surface area contributed by atoms with Gasteiger partial charge in [0.1, 0.15) is 11.3 Å². The van der Waals surface area contributed by atoms with E-state index in [1.54, 1.807) is 0 Å². The van der Waals surface area contributed by atoms with Gasteiger partial charge in [0.15, 0.2) is 0 Å². The second-order valence-corrected chi connectivity index (χ2v) is 5.96. The average Bonchev–Trinajstić information content (AvgIpc) is 3.27. The fraction of sp³-hybridized carbons (Fsp3) is 0.188. The van der Waals surface area contributed by atoms with Crippen LogP contribution in [0.2, 0.25) is 0 Å². The Kier molecular flexibility index (Phi) is 3.87. The summed E-state index contributed by atoms with van der Waals surface area (Å²) in [5.41, 5.74) is -4.10. The van der Waals surface area contributed by atoms with Gasteiger partial charge < -0.3 is 8.82 Å². The van der Waals surface area contributed by atoms with E-state index in [9.17, 15) is 35.1 Å². The SMILES string of the molecule is FC(F)(F)c1cc(C(F)(F)C(F)(F)F)nc2c1ccc1cc(-c3nnco3)cn12. The van der Waals surface area contributed by atoms with Gasteiger partial charge >= 0.3 is 18.3 Å². The van der Waals surface area contributed by atoms with Gasteiger partial charge in [-0.05, 0) is 24.3 Å². The maximum absolute atomic E-state index is 13.8. The van der Waals surface area contributed by atoms with E-state index >= 15 is 0 Å².